The van der Waals surface area contributed by atoms with E-state index in [1.807, 2.05) is 36.4 Å². The van der Waals surface area contributed by atoms with Gasteiger partial charge in [0.15, 0.2) is 10.8 Å². The molecule has 0 saturated heterocycles. The van der Waals surface area contributed by atoms with Gasteiger partial charge in [0.1, 0.15) is 0 Å². The predicted molar refractivity (Wildman–Crippen MR) is 69.1 cm³/mol. The van der Waals surface area contributed by atoms with Crippen molar-refractivity contribution in [2.24, 2.45) is 10.8 Å². The average Bonchev–Trinajstić information content (AvgIpc) is 3.10. The second-order valence-corrected chi connectivity index (χ2v) is 4.93. The Morgan fingerprint density at radius 1 is 0.895 bits per heavy atom. The minimum atomic E-state index is -1.56. The second-order valence-electron chi connectivity index (χ2n) is 4.37. The number of hydrogen-bond donors (Lipinski definition) is 0. The SMILES string of the molecule is N#CC1(C#N)C(c2ccc(CBr)cc2)C1(C#N)C#N. The molecule has 90 valence electrons. The molecule has 0 radical (unpaired) electrons. The van der Waals surface area contributed by atoms with Gasteiger partial charge in [0.25, 0.3) is 0 Å². The summed E-state index contributed by atoms with van der Waals surface area (Å²) in [5, 5.41) is 37.5. The van der Waals surface area contributed by atoms with Gasteiger partial charge >= 0.3 is 0 Å². The maximum atomic E-state index is 9.20. The number of nitrogens with zero attached hydrogens (tertiary/aromatic N) is 4. The highest BCUT2D eigenvalue weighted by Crippen LogP contribution is 2.73. The van der Waals surface area contributed by atoms with E-state index in [-0.39, 0.29) is 0 Å². The van der Waals surface area contributed by atoms with Gasteiger partial charge in [-0.25, -0.2) is 0 Å². The summed E-state index contributed by atoms with van der Waals surface area (Å²) in [4.78, 5) is 0. The van der Waals surface area contributed by atoms with Gasteiger partial charge in [-0.3, -0.25) is 0 Å². The lowest BCUT2D eigenvalue weighted by Gasteiger charge is -2.01. The van der Waals surface area contributed by atoms with E-state index in [2.05, 4.69) is 15.9 Å². The average molecular weight is 311 g/mol. The molecule has 4 nitrogen and oxygen atoms in total. The largest absolute Gasteiger partial charge is 0.196 e. The predicted octanol–water partition coefficient (Wildman–Crippen LogP) is 2.75. The summed E-state index contributed by atoms with van der Waals surface area (Å²) in [7, 11) is 0. The molecule has 2 rings (SSSR count). The Hall–Kier alpha value is -2.34. The standard InChI is InChI=1S/C14H7BrN4/c15-5-10-1-3-11(4-2-10)12-13(6-16,7-17)14(12,8-18)9-19/h1-4,12H,5H2. The van der Waals surface area contributed by atoms with Crippen molar-refractivity contribution in [1.82, 2.24) is 0 Å². The minimum Gasteiger partial charge on any atom is -0.196 e. The van der Waals surface area contributed by atoms with E-state index in [0.29, 0.717) is 10.9 Å². The number of hydrogen-bond acceptors (Lipinski definition) is 4. The topological polar surface area (TPSA) is 95.2 Å². The number of alkyl halides is 1. The molecule has 0 bridgehead atoms. The molecule has 1 aromatic rings. The zero-order valence-corrected chi connectivity index (χ0v) is 11.3. The minimum absolute atomic E-state index is 0.672. The lowest BCUT2D eigenvalue weighted by atomic mass is 9.98. The van der Waals surface area contributed by atoms with E-state index in [1.54, 1.807) is 12.1 Å². The molecule has 0 aliphatic heterocycles. The molecule has 1 aromatic carbocycles. The van der Waals surface area contributed by atoms with Crippen molar-refractivity contribution in [2.75, 3.05) is 0 Å². The van der Waals surface area contributed by atoms with E-state index in [0.717, 1.165) is 5.56 Å². The van der Waals surface area contributed by atoms with Gasteiger partial charge in [0.05, 0.1) is 30.2 Å². The Balaban J connectivity index is 2.52. The highest BCUT2D eigenvalue weighted by molar-refractivity contribution is 9.08. The summed E-state index contributed by atoms with van der Waals surface area (Å²) in [6, 6.07) is 14.7. The van der Waals surface area contributed by atoms with Crippen LogP contribution in [0.1, 0.15) is 17.0 Å². The zero-order valence-electron chi connectivity index (χ0n) is 9.76. The Morgan fingerprint density at radius 3 is 1.63 bits per heavy atom. The van der Waals surface area contributed by atoms with Crippen LogP contribution < -0.4 is 0 Å². The van der Waals surface area contributed by atoms with Crippen LogP contribution >= 0.6 is 15.9 Å². The number of rotatable bonds is 2. The fourth-order valence-corrected chi connectivity index (χ4v) is 2.81. The molecule has 19 heavy (non-hydrogen) atoms. The first kappa shape index (κ1) is 13.1. The molecule has 0 aromatic heterocycles. The maximum absolute atomic E-state index is 9.20. The summed E-state index contributed by atoms with van der Waals surface area (Å²) in [5.41, 5.74) is -1.40. The molecule has 0 amide bonds. The molecule has 1 saturated carbocycles. The van der Waals surface area contributed by atoms with Crippen LogP contribution in [0.5, 0.6) is 0 Å². The summed E-state index contributed by atoms with van der Waals surface area (Å²) in [5.74, 6) is -0.672. The van der Waals surface area contributed by atoms with Crippen LogP contribution in [0.2, 0.25) is 0 Å². The van der Waals surface area contributed by atoms with Gasteiger partial charge in [0.2, 0.25) is 0 Å². The summed E-state index contributed by atoms with van der Waals surface area (Å²) in [6.45, 7) is 0. The highest BCUT2D eigenvalue weighted by Gasteiger charge is 2.81. The zero-order chi connectivity index (χ0) is 14.1. The quantitative estimate of drug-likeness (QED) is 0.784. The first-order valence-electron chi connectivity index (χ1n) is 5.45. The van der Waals surface area contributed by atoms with Crippen LogP contribution in [0.4, 0.5) is 0 Å². The summed E-state index contributed by atoms with van der Waals surface area (Å²) < 4.78 is 0. The van der Waals surface area contributed by atoms with E-state index < -0.39 is 16.7 Å². The molecule has 0 unspecified atom stereocenters. The van der Waals surface area contributed by atoms with Gasteiger partial charge in [-0.1, -0.05) is 40.2 Å². The van der Waals surface area contributed by atoms with Crippen LogP contribution in [0.15, 0.2) is 24.3 Å². The normalized spacial score (nSPS) is 18.4. The molecule has 1 fully saturated rings. The fourth-order valence-electron chi connectivity index (χ4n) is 2.43. The van der Waals surface area contributed by atoms with Crippen LogP contribution in [-0.2, 0) is 5.33 Å². The number of benzene rings is 1. The maximum Gasteiger partial charge on any atom is 0.185 e. The van der Waals surface area contributed by atoms with Gasteiger partial charge in [0, 0.05) is 5.33 Å². The van der Waals surface area contributed by atoms with Crippen molar-refractivity contribution in [3.63, 3.8) is 0 Å². The molecule has 1 aliphatic carbocycles. The van der Waals surface area contributed by atoms with E-state index in [9.17, 15) is 21.0 Å². The Bertz CT molecular complexity index is 613. The molecular weight excluding hydrogens is 304 g/mol. The van der Waals surface area contributed by atoms with Crippen LogP contribution in [0, 0.1) is 56.2 Å². The van der Waals surface area contributed by atoms with Gasteiger partial charge in [-0.05, 0) is 11.1 Å². The van der Waals surface area contributed by atoms with Crippen LogP contribution in [0.3, 0.4) is 0 Å². The smallest absolute Gasteiger partial charge is 0.185 e. The monoisotopic (exact) mass is 310 g/mol. The number of halogens is 1. The van der Waals surface area contributed by atoms with Crippen molar-refractivity contribution in [2.45, 2.75) is 11.2 Å². The molecule has 0 atom stereocenters. The third kappa shape index (κ3) is 1.47. The molecule has 0 heterocycles. The van der Waals surface area contributed by atoms with Crippen molar-refractivity contribution >= 4 is 15.9 Å². The molecule has 0 spiro atoms. The summed E-state index contributed by atoms with van der Waals surface area (Å²) in [6.07, 6.45) is 0. The lowest BCUT2D eigenvalue weighted by molar-refractivity contribution is 0.727. The Kier molecular flexibility index (Phi) is 3.03. The number of nitriles is 4. The van der Waals surface area contributed by atoms with Crippen molar-refractivity contribution < 1.29 is 0 Å². The Labute approximate surface area is 119 Å². The molecule has 0 N–H and O–H groups in total. The second kappa shape index (κ2) is 4.40. The van der Waals surface area contributed by atoms with Crippen LogP contribution in [0.25, 0.3) is 0 Å². The first-order valence-corrected chi connectivity index (χ1v) is 6.57. The van der Waals surface area contributed by atoms with Crippen molar-refractivity contribution in [3.8, 4) is 24.3 Å². The van der Waals surface area contributed by atoms with Gasteiger partial charge in [-0.2, -0.15) is 21.0 Å². The van der Waals surface area contributed by atoms with Crippen molar-refractivity contribution in [1.29, 1.82) is 21.0 Å². The lowest BCUT2D eigenvalue weighted by Crippen LogP contribution is -2.05. The third-order valence-corrected chi connectivity index (χ3v) is 4.22. The fraction of sp³-hybridized carbons (Fsp3) is 0.286. The van der Waals surface area contributed by atoms with Gasteiger partial charge in [-0.15, -0.1) is 0 Å². The summed E-state index contributed by atoms with van der Waals surface area (Å²) >= 11 is 3.32. The molecule has 5 heteroatoms. The Morgan fingerprint density at radius 2 is 1.32 bits per heavy atom. The van der Waals surface area contributed by atoms with E-state index in [1.165, 1.54) is 0 Å². The molecule has 1 aliphatic rings. The molecular formula is C14H7BrN4. The van der Waals surface area contributed by atoms with E-state index >= 15 is 0 Å². The third-order valence-electron chi connectivity index (χ3n) is 3.58. The highest BCUT2D eigenvalue weighted by atomic mass is 79.9. The van der Waals surface area contributed by atoms with E-state index in [4.69, 9.17) is 0 Å². The van der Waals surface area contributed by atoms with Crippen molar-refractivity contribution in [3.05, 3.63) is 35.4 Å². The van der Waals surface area contributed by atoms with Gasteiger partial charge < -0.3 is 0 Å². The van der Waals surface area contributed by atoms with Crippen LogP contribution in [-0.4, -0.2) is 0 Å². The first-order chi connectivity index (χ1) is 9.15.